The van der Waals surface area contributed by atoms with Crippen molar-refractivity contribution in [2.24, 2.45) is 5.73 Å². The zero-order valence-corrected chi connectivity index (χ0v) is 9.63. The van der Waals surface area contributed by atoms with Crippen molar-refractivity contribution in [3.05, 3.63) is 11.7 Å². The third kappa shape index (κ3) is 3.21. The fourth-order valence-corrected chi connectivity index (χ4v) is 3.07. The lowest BCUT2D eigenvalue weighted by Gasteiger charge is -2.19. The van der Waals surface area contributed by atoms with Crippen molar-refractivity contribution in [3.63, 3.8) is 0 Å². The molecule has 0 aromatic carbocycles. The Morgan fingerprint density at radius 3 is 3.13 bits per heavy atom. The smallest absolute Gasteiger partial charge is 0.227 e. The van der Waals surface area contributed by atoms with E-state index < -0.39 is 0 Å². The second kappa shape index (κ2) is 5.51. The van der Waals surface area contributed by atoms with E-state index in [1.807, 2.05) is 11.8 Å². The maximum absolute atomic E-state index is 5.42. The van der Waals surface area contributed by atoms with Gasteiger partial charge < -0.3 is 10.3 Å². The van der Waals surface area contributed by atoms with Crippen LogP contribution in [0.3, 0.4) is 0 Å². The van der Waals surface area contributed by atoms with Crippen molar-refractivity contribution >= 4 is 11.8 Å². The molecule has 1 fully saturated rings. The van der Waals surface area contributed by atoms with Crippen molar-refractivity contribution in [1.82, 2.24) is 10.1 Å². The van der Waals surface area contributed by atoms with Gasteiger partial charge in [-0.3, -0.25) is 0 Å². The first-order valence-corrected chi connectivity index (χ1v) is 6.56. The van der Waals surface area contributed by atoms with E-state index in [9.17, 15) is 0 Å². The van der Waals surface area contributed by atoms with E-state index in [1.165, 1.54) is 25.0 Å². The zero-order chi connectivity index (χ0) is 10.5. The van der Waals surface area contributed by atoms with Crippen LogP contribution in [0.1, 0.15) is 31.0 Å². The normalized spacial score (nSPS) is 21.8. The van der Waals surface area contributed by atoms with Gasteiger partial charge in [0.05, 0.1) is 0 Å². The van der Waals surface area contributed by atoms with Gasteiger partial charge in [0.1, 0.15) is 0 Å². The van der Waals surface area contributed by atoms with E-state index in [0.717, 1.165) is 12.2 Å². The van der Waals surface area contributed by atoms with Crippen LogP contribution in [0.4, 0.5) is 0 Å². The monoisotopic (exact) mass is 227 g/mol. The molecular formula is C10H17N3OS. The molecule has 5 heteroatoms. The maximum Gasteiger partial charge on any atom is 0.227 e. The standard InChI is InChI=1S/C10H17N3OS/c11-5-4-10-12-9(13-14-10)7-8-3-1-2-6-15-8/h8H,1-7,11H2. The summed E-state index contributed by atoms with van der Waals surface area (Å²) in [4.78, 5) is 4.32. The summed E-state index contributed by atoms with van der Waals surface area (Å²) in [5, 5.41) is 4.66. The van der Waals surface area contributed by atoms with E-state index in [1.54, 1.807) is 0 Å². The van der Waals surface area contributed by atoms with Crippen LogP contribution in [0.2, 0.25) is 0 Å². The highest BCUT2D eigenvalue weighted by Crippen LogP contribution is 2.27. The molecule has 84 valence electrons. The Hall–Kier alpha value is -0.550. The second-order valence-electron chi connectivity index (χ2n) is 3.84. The van der Waals surface area contributed by atoms with Gasteiger partial charge >= 0.3 is 0 Å². The van der Waals surface area contributed by atoms with E-state index >= 15 is 0 Å². The molecule has 0 aliphatic carbocycles. The average Bonchev–Trinajstić information content (AvgIpc) is 2.68. The fourth-order valence-electron chi connectivity index (χ4n) is 1.77. The van der Waals surface area contributed by atoms with Gasteiger partial charge in [0.2, 0.25) is 5.89 Å². The number of aromatic nitrogens is 2. The van der Waals surface area contributed by atoms with E-state index in [-0.39, 0.29) is 0 Å². The molecule has 0 spiro atoms. The van der Waals surface area contributed by atoms with E-state index in [0.29, 0.717) is 24.1 Å². The minimum absolute atomic E-state index is 0.569. The van der Waals surface area contributed by atoms with Gasteiger partial charge in [-0.25, -0.2) is 0 Å². The number of hydrogen-bond acceptors (Lipinski definition) is 5. The largest absolute Gasteiger partial charge is 0.339 e. The van der Waals surface area contributed by atoms with Gasteiger partial charge in [-0.2, -0.15) is 16.7 Å². The van der Waals surface area contributed by atoms with Crippen LogP contribution in [-0.4, -0.2) is 27.7 Å². The third-order valence-electron chi connectivity index (χ3n) is 2.55. The molecule has 1 aromatic heterocycles. The van der Waals surface area contributed by atoms with Gasteiger partial charge in [0.25, 0.3) is 0 Å². The highest BCUT2D eigenvalue weighted by atomic mass is 32.2. The van der Waals surface area contributed by atoms with Gasteiger partial charge in [-0.05, 0) is 18.6 Å². The zero-order valence-electron chi connectivity index (χ0n) is 8.82. The Morgan fingerprint density at radius 1 is 1.47 bits per heavy atom. The number of nitrogens with two attached hydrogens (primary N) is 1. The molecule has 0 radical (unpaired) electrons. The first kappa shape index (κ1) is 11.0. The summed E-state index contributed by atoms with van der Waals surface area (Å²) in [6.07, 6.45) is 5.60. The Bertz CT molecular complexity index is 297. The summed E-state index contributed by atoms with van der Waals surface area (Å²) >= 11 is 2.03. The maximum atomic E-state index is 5.42. The average molecular weight is 227 g/mol. The summed E-state index contributed by atoms with van der Waals surface area (Å²) in [5.74, 6) is 2.80. The number of hydrogen-bond donors (Lipinski definition) is 1. The summed E-state index contributed by atoms with van der Waals surface area (Å²) < 4.78 is 5.10. The summed E-state index contributed by atoms with van der Waals surface area (Å²) in [6, 6.07) is 0. The lowest BCUT2D eigenvalue weighted by molar-refractivity contribution is 0.373. The predicted octanol–water partition coefficient (Wildman–Crippen LogP) is 1.40. The van der Waals surface area contributed by atoms with Crippen molar-refractivity contribution < 1.29 is 4.52 Å². The van der Waals surface area contributed by atoms with Gasteiger partial charge in [0.15, 0.2) is 5.82 Å². The van der Waals surface area contributed by atoms with Crippen LogP contribution in [0.25, 0.3) is 0 Å². The quantitative estimate of drug-likeness (QED) is 0.842. The molecule has 0 saturated carbocycles. The molecule has 1 aliphatic heterocycles. The molecule has 1 atom stereocenters. The van der Waals surface area contributed by atoms with Crippen molar-refractivity contribution in [3.8, 4) is 0 Å². The first-order chi connectivity index (χ1) is 7.38. The SMILES string of the molecule is NCCc1nc(CC2CCCCS2)no1. The van der Waals surface area contributed by atoms with E-state index in [4.69, 9.17) is 10.3 Å². The molecular weight excluding hydrogens is 210 g/mol. The second-order valence-corrected chi connectivity index (χ2v) is 5.24. The highest BCUT2D eigenvalue weighted by Gasteiger charge is 2.17. The van der Waals surface area contributed by atoms with Crippen molar-refractivity contribution in [2.75, 3.05) is 12.3 Å². The molecule has 2 rings (SSSR count). The molecule has 2 heterocycles. The fraction of sp³-hybridized carbons (Fsp3) is 0.800. The van der Waals surface area contributed by atoms with Gasteiger partial charge in [-0.15, -0.1) is 0 Å². The third-order valence-corrected chi connectivity index (χ3v) is 3.95. The van der Waals surface area contributed by atoms with Crippen molar-refractivity contribution in [1.29, 1.82) is 0 Å². The number of rotatable bonds is 4. The Balaban J connectivity index is 1.86. The number of thioether (sulfide) groups is 1. The molecule has 2 N–H and O–H groups in total. The molecule has 4 nitrogen and oxygen atoms in total. The summed E-state index contributed by atoms with van der Waals surface area (Å²) in [5.41, 5.74) is 5.42. The molecule has 0 bridgehead atoms. The number of nitrogens with zero attached hydrogens (tertiary/aromatic N) is 2. The summed E-state index contributed by atoms with van der Waals surface area (Å²) in [6.45, 7) is 0.569. The molecule has 0 amide bonds. The summed E-state index contributed by atoms with van der Waals surface area (Å²) in [7, 11) is 0. The van der Waals surface area contributed by atoms with Crippen LogP contribution in [0.15, 0.2) is 4.52 Å². The molecule has 1 unspecified atom stereocenters. The van der Waals surface area contributed by atoms with Gasteiger partial charge in [0, 0.05) is 24.6 Å². The van der Waals surface area contributed by atoms with E-state index in [2.05, 4.69) is 10.1 Å². The molecule has 15 heavy (non-hydrogen) atoms. The van der Waals surface area contributed by atoms with Crippen LogP contribution < -0.4 is 5.73 Å². The predicted molar refractivity (Wildman–Crippen MR) is 60.9 cm³/mol. The molecule has 1 aliphatic rings. The lowest BCUT2D eigenvalue weighted by Crippen LogP contribution is -2.13. The molecule has 1 aromatic rings. The van der Waals surface area contributed by atoms with Gasteiger partial charge in [-0.1, -0.05) is 11.6 Å². The van der Waals surface area contributed by atoms with Crippen LogP contribution in [-0.2, 0) is 12.8 Å². The minimum Gasteiger partial charge on any atom is -0.339 e. The van der Waals surface area contributed by atoms with Crippen LogP contribution in [0.5, 0.6) is 0 Å². The first-order valence-electron chi connectivity index (χ1n) is 5.51. The minimum atomic E-state index is 0.569. The highest BCUT2D eigenvalue weighted by molar-refractivity contribution is 7.99. The lowest BCUT2D eigenvalue weighted by atomic mass is 10.1. The van der Waals surface area contributed by atoms with Crippen LogP contribution >= 0.6 is 11.8 Å². The molecule has 1 saturated heterocycles. The topological polar surface area (TPSA) is 64.9 Å². The Kier molecular flexibility index (Phi) is 4.02. The Morgan fingerprint density at radius 2 is 2.40 bits per heavy atom. The Labute approximate surface area is 94.0 Å². The van der Waals surface area contributed by atoms with Crippen LogP contribution in [0, 0.1) is 0 Å². The van der Waals surface area contributed by atoms with Crippen molar-refractivity contribution in [2.45, 2.75) is 37.4 Å².